The van der Waals surface area contributed by atoms with Crippen molar-refractivity contribution in [3.63, 3.8) is 0 Å². The fraction of sp³-hybridized carbons (Fsp3) is 0.354. The molecule has 0 spiro atoms. The Hall–Kier alpha value is -11.2. The van der Waals surface area contributed by atoms with Crippen LogP contribution in [0.3, 0.4) is 0 Å². The van der Waals surface area contributed by atoms with Crippen molar-refractivity contribution in [2.45, 2.75) is 76.1 Å². The number of hydrogen-bond donors (Lipinski definition) is 0. The van der Waals surface area contributed by atoms with E-state index >= 15 is 0 Å². The number of aryl methyl sites for hydroxylation is 1. The number of aromatic nitrogens is 8. The van der Waals surface area contributed by atoms with Gasteiger partial charge in [0.1, 0.15) is 89.8 Å². The molecule has 520 valence electrons. The average molecular weight is 1380 g/mol. The molecule has 0 amide bonds. The number of benzene rings is 5. The number of morpholine rings is 1. The molecule has 0 aliphatic carbocycles. The van der Waals surface area contributed by atoms with Crippen LogP contribution >= 0.6 is 0 Å². The maximum atomic E-state index is 9.81. The number of likely N-dealkylation sites (N-methyl/N-ethyl adjacent to an activating group) is 1. The third-order valence-electron chi connectivity index (χ3n) is 19.6. The van der Waals surface area contributed by atoms with Gasteiger partial charge < -0.3 is 47.9 Å². The predicted octanol–water partition coefficient (Wildman–Crippen LogP) is 11.1. The Morgan fingerprint density at radius 1 is 0.398 bits per heavy atom. The van der Waals surface area contributed by atoms with Crippen molar-refractivity contribution in [1.82, 2.24) is 44.6 Å². The van der Waals surface area contributed by atoms with E-state index in [4.69, 9.17) is 48.1 Å². The molecular weight excluding hydrogens is 1300 g/mol. The summed E-state index contributed by atoms with van der Waals surface area (Å²) in [5.41, 5.74) is 19.6. The van der Waals surface area contributed by atoms with Crippen LogP contribution in [0.2, 0.25) is 0 Å². The molecule has 0 unspecified atom stereocenters. The third-order valence-corrected chi connectivity index (χ3v) is 19.6. The minimum absolute atomic E-state index is 0.0698. The first-order valence-corrected chi connectivity index (χ1v) is 35.2. The van der Waals surface area contributed by atoms with Crippen molar-refractivity contribution in [3.8, 4) is 69.2 Å². The van der Waals surface area contributed by atoms with Crippen molar-refractivity contribution in [2.24, 2.45) is 22.0 Å². The summed E-state index contributed by atoms with van der Waals surface area (Å²) in [5.74, 6) is 1.80. The zero-order valence-electron chi connectivity index (χ0n) is 57.7. The topological polar surface area (TPSA) is 278 Å². The van der Waals surface area contributed by atoms with Gasteiger partial charge >= 0.3 is 0 Å². The Balaban J connectivity index is 0.000000125. The summed E-state index contributed by atoms with van der Waals surface area (Å²) in [7, 11) is 4.05. The molecule has 8 aliphatic heterocycles. The van der Waals surface area contributed by atoms with Crippen molar-refractivity contribution >= 4 is 45.6 Å². The number of piperazine rings is 1. The van der Waals surface area contributed by atoms with Gasteiger partial charge in [-0.3, -0.25) is 4.68 Å². The van der Waals surface area contributed by atoms with Gasteiger partial charge in [-0.05, 0) is 97.0 Å². The van der Waals surface area contributed by atoms with Gasteiger partial charge in [0.2, 0.25) is 0 Å². The SMILES string of the molecule is CN1CCN(c2ccc(C3=Nc4c(ncnc4-c4ccc(OC5CCOCC5)c(C#N)c4)C3)cc2)CC1.Cn1cc(C2=Nc3c(ncnc3-c3ccc(OC4CCOCC4)c(C#N)c3)C2)cn1.N#Cc1cc(-c2ncnc3c2N=C(c2cccc(N4CCOCC4)c2)C3)ccc1OC1CCOCC1. The molecule has 8 aliphatic rings. The Morgan fingerprint density at radius 2 is 0.796 bits per heavy atom. The lowest BCUT2D eigenvalue weighted by Gasteiger charge is -2.34. The van der Waals surface area contributed by atoms with Crippen LogP contribution in [0.4, 0.5) is 28.4 Å². The molecule has 0 bridgehead atoms. The van der Waals surface area contributed by atoms with Crippen LogP contribution in [-0.2, 0) is 45.3 Å². The average Bonchev–Trinajstić information content (AvgIpc) is 1.69. The highest BCUT2D eigenvalue weighted by atomic mass is 16.5. The summed E-state index contributed by atoms with van der Waals surface area (Å²) < 4.78 is 41.8. The second kappa shape index (κ2) is 31.4. The molecule has 9 aromatic rings. The Bertz CT molecular complexity index is 4810. The summed E-state index contributed by atoms with van der Waals surface area (Å²) in [6.45, 7) is 11.7. The third kappa shape index (κ3) is 15.5. The number of fused-ring (bicyclic) bond motifs is 3. The molecule has 12 heterocycles. The van der Waals surface area contributed by atoms with Gasteiger partial charge in [0.05, 0.1) is 127 Å². The van der Waals surface area contributed by atoms with E-state index < -0.39 is 0 Å². The van der Waals surface area contributed by atoms with E-state index in [9.17, 15) is 15.8 Å². The highest BCUT2D eigenvalue weighted by molar-refractivity contribution is 6.09. The van der Waals surface area contributed by atoms with E-state index in [0.29, 0.717) is 98.5 Å². The van der Waals surface area contributed by atoms with Gasteiger partial charge in [-0.2, -0.15) is 20.9 Å². The number of nitriles is 3. The lowest BCUT2D eigenvalue weighted by atomic mass is 10.0. The highest BCUT2D eigenvalue weighted by Gasteiger charge is 2.29. The minimum Gasteiger partial charge on any atom is -0.489 e. The Kier molecular flexibility index (Phi) is 20.6. The number of rotatable bonds is 14. The molecular formula is C79H77N17O7. The number of anilines is 2. The molecule has 0 atom stereocenters. The fourth-order valence-electron chi connectivity index (χ4n) is 13.8. The van der Waals surface area contributed by atoms with E-state index in [1.807, 2.05) is 67.8 Å². The number of aliphatic imine (C=N–C) groups is 3. The molecule has 24 heteroatoms. The first-order chi connectivity index (χ1) is 50.7. The molecule has 5 saturated heterocycles. The van der Waals surface area contributed by atoms with Crippen molar-refractivity contribution in [3.05, 3.63) is 185 Å². The maximum Gasteiger partial charge on any atom is 0.137 e. The summed E-state index contributed by atoms with van der Waals surface area (Å²) in [6.07, 6.45) is 15.6. The Morgan fingerprint density at radius 3 is 1.21 bits per heavy atom. The number of hydrogen-bond acceptors (Lipinski definition) is 23. The molecule has 24 nitrogen and oxygen atoms in total. The first kappa shape index (κ1) is 67.6. The van der Waals surface area contributed by atoms with Crippen molar-refractivity contribution < 1.29 is 33.2 Å². The van der Waals surface area contributed by atoms with E-state index in [2.05, 4.69) is 123 Å². The fourth-order valence-corrected chi connectivity index (χ4v) is 13.8. The molecule has 5 fully saturated rings. The van der Waals surface area contributed by atoms with E-state index in [1.54, 1.807) is 29.9 Å². The molecule has 0 radical (unpaired) electrons. The zero-order valence-corrected chi connectivity index (χ0v) is 57.7. The van der Waals surface area contributed by atoms with Crippen LogP contribution in [0, 0.1) is 34.0 Å². The normalized spacial score (nSPS) is 17.5. The smallest absolute Gasteiger partial charge is 0.137 e. The van der Waals surface area contributed by atoms with Crippen LogP contribution in [0.15, 0.2) is 149 Å². The van der Waals surface area contributed by atoms with E-state index in [1.165, 1.54) is 11.4 Å². The van der Waals surface area contributed by atoms with Gasteiger partial charge in [0, 0.05) is 144 Å². The first-order valence-electron chi connectivity index (χ1n) is 35.2. The summed E-state index contributed by atoms with van der Waals surface area (Å²) in [5, 5.41) is 33.5. The number of ether oxygens (including phenoxy) is 7. The monoisotopic (exact) mass is 1380 g/mol. The van der Waals surface area contributed by atoms with Crippen LogP contribution in [0.1, 0.15) is 89.0 Å². The van der Waals surface area contributed by atoms with Crippen LogP contribution in [0.25, 0.3) is 33.8 Å². The zero-order chi connectivity index (χ0) is 70.0. The lowest BCUT2D eigenvalue weighted by Crippen LogP contribution is -2.44. The summed E-state index contributed by atoms with van der Waals surface area (Å²) >= 11 is 0. The van der Waals surface area contributed by atoms with Gasteiger partial charge in [0.25, 0.3) is 0 Å². The van der Waals surface area contributed by atoms with Gasteiger partial charge in [-0.1, -0.05) is 24.3 Å². The maximum absolute atomic E-state index is 9.81. The molecule has 17 rings (SSSR count). The summed E-state index contributed by atoms with van der Waals surface area (Å²) in [6, 6.07) is 40.9. The van der Waals surface area contributed by atoms with E-state index in [-0.39, 0.29) is 18.3 Å². The van der Waals surface area contributed by atoms with Gasteiger partial charge in [-0.25, -0.2) is 44.9 Å². The summed E-state index contributed by atoms with van der Waals surface area (Å²) in [4.78, 5) is 48.9. The van der Waals surface area contributed by atoms with Gasteiger partial charge in [0.15, 0.2) is 0 Å². The minimum atomic E-state index is 0.0698. The largest absolute Gasteiger partial charge is 0.489 e. The van der Waals surface area contributed by atoms with Crippen LogP contribution in [-0.4, -0.2) is 179 Å². The van der Waals surface area contributed by atoms with Crippen LogP contribution in [0.5, 0.6) is 17.2 Å². The molecule has 0 N–H and O–H groups in total. The van der Waals surface area contributed by atoms with Crippen molar-refractivity contribution in [2.75, 3.05) is 109 Å². The number of nitrogens with zero attached hydrogens (tertiary/aromatic N) is 17. The second-order valence-corrected chi connectivity index (χ2v) is 26.4. The highest BCUT2D eigenvalue weighted by Crippen LogP contribution is 2.42. The Labute approximate surface area is 597 Å². The molecule has 103 heavy (non-hydrogen) atoms. The second-order valence-electron chi connectivity index (χ2n) is 26.4. The predicted molar refractivity (Wildman–Crippen MR) is 388 cm³/mol. The molecule has 0 saturated carbocycles. The lowest BCUT2D eigenvalue weighted by molar-refractivity contribution is 0.0252. The van der Waals surface area contributed by atoms with Crippen LogP contribution < -0.4 is 24.0 Å². The standard InChI is InChI=1S/C29H30N6O2.C28H27N5O3.C22H20N6O2/c1-34-10-12-35(13-11-34)23-5-2-20(3-6-23)25-17-26-29(33-25)28(32-19-31-26)21-4-7-27(22(16-21)18-30)37-24-8-14-36-15-9-24;29-17-21-14-20(4-5-26(21)36-23-6-10-34-11-7-23)27-28-25(30-18-31-27)16-24(32-28)19-2-1-3-22(15-19)33-8-12-35-13-9-33;1-28-12-16(11-26-28)18-9-19-22(27-18)21(25-13-24-19)14-2-3-20(15(8-14)10-23)30-17-4-6-29-7-5-17/h2-7,16,19,24H,8-15,17H2,1H3;1-5,14-15,18,23H,6-13,16H2;2-3,8,11-13,17H,4-7,9H2,1H3. The molecule has 5 aromatic carbocycles. The molecule has 4 aromatic heterocycles. The quantitative estimate of drug-likeness (QED) is 0.0978. The van der Waals surface area contributed by atoms with Gasteiger partial charge in [-0.15, -0.1) is 0 Å². The van der Waals surface area contributed by atoms with E-state index in [0.717, 1.165) is 187 Å². The van der Waals surface area contributed by atoms with Crippen molar-refractivity contribution in [1.29, 1.82) is 15.8 Å².